The van der Waals surface area contributed by atoms with Gasteiger partial charge in [-0.3, -0.25) is 9.79 Å². The molecule has 2 heterocycles. The number of guanidine groups is 1. The van der Waals surface area contributed by atoms with E-state index in [9.17, 15) is 4.79 Å². The molecule has 3 aliphatic rings. The van der Waals surface area contributed by atoms with Gasteiger partial charge in [-0.1, -0.05) is 26.2 Å². The average molecular weight is 379 g/mol. The average Bonchev–Trinajstić information content (AvgIpc) is 2.72. The molecule has 1 amide bonds. The smallest absolute Gasteiger partial charge is 0.225 e. The fourth-order valence-corrected chi connectivity index (χ4v) is 4.92. The summed E-state index contributed by atoms with van der Waals surface area (Å²) in [4.78, 5) is 21.5. The Morgan fingerprint density at radius 3 is 2.48 bits per heavy atom. The Hall–Kier alpha value is -1.30. The Balaban J connectivity index is 1.38. The molecule has 2 saturated heterocycles. The number of rotatable bonds is 4. The zero-order chi connectivity index (χ0) is 19.1. The van der Waals surface area contributed by atoms with E-state index < -0.39 is 0 Å². The summed E-state index contributed by atoms with van der Waals surface area (Å²) in [5, 5.41) is 3.57. The largest absolute Gasteiger partial charge is 0.378 e. The molecule has 0 aromatic rings. The molecule has 0 aromatic heterocycles. The molecule has 3 fully saturated rings. The molecular weight excluding hydrogens is 340 g/mol. The second-order valence-electron chi connectivity index (χ2n) is 8.60. The van der Waals surface area contributed by atoms with Crippen LogP contribution in [-0.2, 0) is 9.53 Å². The summed E-state index contributed by atoms with van der Waals surface area (Å²) < 4.78 is 5.36. The molecule has 1 N–H and O–H groups in total. The van der Waals surface area contributed by atoms with Gasteiger partial charge in [0.15, 0.2) is 5.96 Å². The minimum Gasteiger partial charge on any atom is -0.378 e. The first-order chi connectivity index (χ1) is 13.2. The van der Waals surface area contributed by atoms with Crippen molar-refractivity contribution in [3.63, 3.8) is 0 Å². The van der Waals surface area contributed by atoms with E-state index in [0.29, 0.717) is 19.1 Å². The third-order valence-corrected chi connectivity index (χ3v) is 6.56. The van der Waals surface area contributed by atoms with Gasteiger partial charge in [-0.05, 0) is 37.5 Å². The van der Waals surface area contributed by atoms with Gasteiger partial charge in [0.1, 0.15) is 0 Å². The second kappa shape index (κ2) is 10.3. The minimum absolute atomic E-state index is 0.168. The van der Waals surface area contributed by atoms with Gasteiger partial charge >= 0.3 is 0 Å². The summed E-state index contributed by atoms with van der Waals surface area (Å²) >= 11 is 0. The molecular formula is C21H38N4O2. The van der Waals surface area contributed by atoms with E-state index >= 15 is 0 Å². The number of carbonyl (C=O) groups is 1. The summed E-state index contributed by atoms with van der Waals surface area (Å²) in [5.41, 5.74) is 0. The number of ether oxygens (including phenoxy) is 1. The number of carbonyl (C=O) groups excluding carboxylic acids is 1. The predicted octanol–water partition coefficient (Wildman–Crippen LogP) is 2.35. The van der Waals surface area contributed by atoms with Crippen LogP contribution < -0.4 is 5.32 Å². The zero-order valence-corrected chi connectivity index (χ0v) is 17.3. The van der Waals surface area contributed by atoms with Gasteiger partial charge in [0.05, 0.1) is 13.2 Å². The standard InChI is InChI=1S/C21H38N4O2/c1-17-4-3-5-18(16-17)6-9-23-21(22-2)25-10-7-19(8-11-25)20(26)24-12-14-27-15-13-24/h17-19H,3-16H2,1-2H3,(H,22,23). The van der Waals surface area contributed by atoms with Crippen LogP contribution in [0.4, 0.5) is 0 Å². The Kier molecular flexibility index (Phi) is 7.80. The van der Waals surface area contributed by atoms with Gasteiger partial charge < -0.3 is 19.9 Å². The first-order valence-electron chi connectivity index (χ1n) is 11.0. The molecule has 27 heavy (non-hydrogen) atoms. The van der Waals surface area contributed by atoms with E-state index in [2.05, 4.69) is 22.1 Å². The predicted molar refractivity (Wildman–Crippen MR) is 109 cm³/mol. The molecule has 6 nitrogen and oxygen atoms in total. The van der Waals surface area contributed by atoms with E-state index in [1.807, 2.05) is 11.9 Å². The lowest BCUT2D eigenvalue weighted by atomic mass is 9.81. The summed E-state index contributed by atoms with van der Waals surface area (Å²) in [7, 11) is 1.87. The van der Waals surface area contributed by atoms with E-state index in [1.54, 1.807) is 0 Å². The van der Waals surface area contributed by atoms with Crippen LogP contribution >= 0.6 is 0 Å². The highest BCUT2D eigenvalue weighted by molar-refractivity contribution is 5.81. The van der Waals surface area contributed by atoms with Crippen molar-refractivity contribution in [2.24, 2.45) is 22.7 Å². The van der Waals surface area contributed by atoms with Crippen LogP contribution in [0.1, 0.15) is 51.9 Å². The van der Waals surface area contributed by atoms with E-state index in [1.165, 1.54) is 32.1 Å². The molecule has 0 radical (unpaired) electrons. The quantitative estimate of drug-likeness (QED) is 0.603. The fraction of sp³-hybridized carbons (Fsp3) is 0.905. The number of piperidine rings is 1. The Morgan fingerprint density at radius 1 is 1.07 bits per heavy atom. The van der Waals surface area contributed by atoms with Crippen LogP contribution in [0.15, 0.2) is 4.99 Å². The highest BCUT2D eigenvalue weighted by Gasteiger charge is 2.30. The maximum Gasteiger partial charge on any atom is 0.225 e. The van der Waals surface area contributed by atoms with Crippen LogP contribution in [0, 0.1) is 17.8 Å². The highest BCUT2D eigenvalue weighted by Crippen LogP contribution is 2.30. The van der Waals surface area contributed by atoms with Gasteiger partial charge in [0, 0.05) is 45.7 Å². The molecule has 154 valence electrons. The Bertz CT molecular complexity index is 496. The van der Waals surface area contributed by atoms with Crippen molar-refractivity contribution in [2.75, 3.05) is 53.0 Å². The molecule has 2 atom stereocenters. The number of aliphatic imine (C=N–C) groups is 1. The van der Waals surface area contributed by atoms with Gasteiger partial charge in [0.25, 0.3) is 0 Å². The maximum atomic E-state index is 12.7. The van der Waals surface area contributed by atoms with Crippen LogP contribution in [0.3, 0.4) is 0 Å². The normalized spacial score (nSPS) is 28.3. The van der Waals surface area contributed by atoms with Crippen molar-refractivity contribution >= 4 is 11.9 Å². The molecule has 1 aliphatic carbocycles. The van der Waals surface area contributed by atoms with E-state index in [-0.39, 0.29) is 5.92 Å². The van der Waals surface area contributed by atoms with E-state index in [4.69, 9.17) is 4.74 Å². The lowest BCUT2D eigenvalue weighted by Gasteiger charge is -2.37. The van der Waals surface area contributed by atoms with Crippen molar-refractivity contribution in [2.45, 2.75) is 51.9 Å². The Labute approximate surface area is 164 Å². The second-order valence-corrected chi connectivity index (χ2v) is 8.60. The number of nitrogens with one attached hydrogen (secondary N) is 1. The van der Waals surface area contributed by atoms with Gasteiger partial charge in [0.2, 0.25) is 5.91 Å². The molecule has 2 aliphatic heterocycles. The van der Waals surface area contributed by atoms with Crippen LogP contribution in [-0.4, -0.2) is 74.7 Å². The zero-order valence-electron chi connectivity index (χ0n) is 17.3. The molecule has 0 aromatic carbocycles. The third kappa shape index (κ3) is 5.84. The van der Waals surface area contributed by atoms with Crippen LogP contribution in [0.2, 0.25) is 0 Å². The van der Waals surface area contributed by atoms with Crippen molar-refractivity contribution in [3.8, 4) is 0 Å². The molecule has 2 unspecified atom stereocenters. The number of nitrogens with zero attached hydrogens (tertiary/aromatic N) is 3. The first-order valence-corrected chi connectivity index (χ1v) is 11.0. The number of amides is 1. The molecule has 0 bridgehead atoms. The number of morpholine rings is 1. The minimum atomic E-state index is 0.168. The van der Waals surface area contributed by atoms with Crippen LogP contribution in [0.5, 0.6) is 0 Å². The van der Waals surface area contributed by atoms with Gasteiger partial charge in [-0.15, -0.1) is 0 Å². The number of likely N-dealkylation sites (tertiary alicyclic amines) is 1. The monoisotopic (exact) mass is 378 g/mol. The Morgan fingerprint density at radius 2 is 1.81 bits per heavy atom. The highest BCUT2D eigenvalue weighted by atomic mass is 16.5. The fourth-order valence-electron chi connectivity index (χ4n) is 4.92. The molecule has 1 saturated carbocycles. The molecule has 3 rings (SSSR count). The first kappa shape index (κ1) is 20.4. The lowest BCUT2D eigenvalue weighted by Crippen LogP contribution is -2.50. The summed E-state index contributed by atoms with van der Waals surface area (Å²) in [5.74, 6) is 3.27. The SMILES string of the molecule is CN=C(NCCC1CCCC(C)C1)N1CCC(C(=O)N2CCOCC2)CC1. The van der Waals surface area contributed by atoms with Crippen molar-refractivity contribution < 1.29 is 9.53 Å². The maximum absolute atomic E-state index is 12.7. The van der Waals surface area contributed by atoms with E-state index in [0.717, 1.165) is 63.4 Å². The molecule has 0 spiro atoms. The lowest BCUT2D eigenvalue weighted by molar-refractivity contribution is -0.140. The summed E-state index contributed by atoms with van der Waals surface area (Å²) in [6.07, 6.45) is 8.67. The van der Waals surface area contributed by atoms with Crippen LogP contribution in [0.25, 0.3) is 0 Å². The van der Waals surface area contributed by atoms with Crippen molar-refractivity contribution in [1.82, 2.24) is 15.1 Å². The third-order valence-electron chi connectivity index (χ3n) is 6.56. The topological polar surface area (TPSA) is 57.2 Å². The number of hydrogen-bond donors (Lipinski definition) is 1. The summed E-state index contributed by atoms with van der Waals surface area (Å²) in [6, 6.07) is 0. The summed E-state index contributed by atoms with van der Waals surface area (Å²) in [6.45, 7) is 8.10. The van der Waals surface area contributed by atoms with Gasteiger partial charge in [-0.2, -0.15) is 0 Å². The van der Waals surface area contributed by atoms with Gasteiger partial charge in [-0.25, -0.2) is 0 Å². The van der Waals surface area contributed by atoms with Crippen molar-refractivity contribution in [3.05, 3.63) is 0 Å². The molecule has 6 heteroatoms. The van der Waals surface area contributed by atoms with Crippen molar-refractivity contribution in [1.29, 1.82) is 0 Å². The number of hydrogen-bond acceptors (Lipinski definition) is 3.